The Labute approximate surface area is 130 Å². The van der Waals surface area contributed by atoms with Gasteiger partial charge in [-0.2, -0.15) is 4.98 Å². The van der Waals surface area contributed by atoms with Gasteiger partial charge in [0, 0.05) is 0 Å². The fourth-order valence-corrected chi connectivity index (χ4v) is 1.85. The van der Waals surface area contributed by atoms with Gasteiger partial charge < -0.3 is 19.6 Å². The largest absolute Gasteiger partial charge is 0.493 e. The maximum absolute atomic E-state index is 11.5. The number of aromatic hydroxyl groups is 1. The molecule has 1 aromatic carbocycles. The zero-order chi connectivity index (χ0) is 17.0. The first kappa shape index (κ1) is 16.0. The quantitative estimate of drug-likeness (QED) is 0.632. The second-order valence-electron chi connectivity index (χ2n) is 4.33. The molecular weight excluding hydrogens is 306 g/mol. The highest BCUT2D eigenvalue weighted by Crippen LogP contribution is 2.28. The minimum atomic E-state index is -1.03. The predicted octanol–water partition coefficient (Wildman–Crippen LogP) is 1.57. The van der Waals surface area contributed by atoms with Crippen LogP contribution in [0.25, 0.3) is 12.2 Å². The highest BCUT2D eigenvalue weighted by Gasteiger charge is 2.21. The molecule has 0 atom stereocenters. The van der Waals surface area contributed by atoms with Crippen molar-refractivity contribution in [3.8, 4) is 17.4 Å². The van der Waals surface area contributed by atoms with E-state index in [1.807, 2.05) is 0 Å². The van der Waals surface area contributed by atoms with Crippen molar-refractivity contribution in [3.63, 3.8) is 0 Å². The summed E-state index contributed by atoms with van der Waals surface area (Å²) in [6.07, 6.45) is 2.98. The molecule has 2 rings (SSSR count). The molecule has 0 aliphatic carbocycles. The van der Waals surface area contributed by atoms with E-state index < -0.39 is 22.0 Å². The highest BCUT2D eigenvalue weighted by molar-refractivity contribution is 5.68. The molecule has 0 saturated carbocycles. The van der Waals surface area contributed by atoms with E-state index in [0.29, 0.717) is 17.1 Å². The zero-order valence-corrected chi connectivity index (χ0v) is 12.3. The van der Waals surface area contributed by atoms with Crippen LogP contribution in [0.5, 0.6) is 17.4 Å². The first-order valence-electron chi connectivity index (χ1n) is 6.34. The van der Waals surface area contributed by atoms with Gasteiger partial charge >= 0.3 is 11.2 Å². The monoisotopic (exact) mass is 319 g/mol. The molecule has 2 N–H and O–H groups in total. The van der Waals surface area contributed by atoms with Gasteiger partial charge in [0.05, 0.1) is 19.1 Å². The lowest BCUT2D eigenvalue weighted by Gasteiger charge is -2.07. The van der Waals surface area contributed by atoms with Crippen LogP contribution in [0.3, 0.4) is 0 Å². The topological polar surface area (TPSA) is 128 Å². The molecule has 0 aliphatic rings. The van der Waals surface area contributed by atoms with Crippen molar-refractivity contribution in [2.45, 2.75) is 0 Å². The van der Waals surface area contributed by atoms with E-state index in [9.17, 15) is 20.0 Å². The van der Waals surface area contributed by atoms with Crippen LogP contribution in [-0.4, -0.2) is 34.2 Å². The number of methoxy groups -OCH3 is 2. The Balaban J connectivity index is 2.34. The lowest BCUT2D eigenvalue weighted by Crippen LogP contribution is -2.14. The van der Waals surface area contributed by atoms with Crippen molar-refractivity contribution in [1.82, 2.24) is 9.97 Å². The Kier molecular flexibility index (Phi) is 4.60. The van der Waals surface area contributed by atoms with Gasteiger partial charge in [-0.15, -0.1) is 0 Å². The maximum atomic E-state index is 11.5. The Bertz CT molecular complexity index is 828. The second kappa shape index (κ2) is 6.60. The van der Waals surface area contributed by atoms with Crippen molar-refractivity contribution < 1.29 is 19.5 Å². The third-order valence-corrected chi connectivity index (χ3v) is 2.92. The molecule has 0 amide bonds. The lowest BCUT2D eigenvalue weighted by molar-refractivity contribution is -0.387. The van der Waals surface area contributed by atoms with Crippen LogP contribution < -0.4 is 15.0 Å². The number of benzene rings is 1. The number of ether oxygens (including phenoxy) is 2. The molecule has 1 heterocycles. The molecule has 0 saturated heterocycles. The summed E-state index contributed by atoms with van der Waals surface area (Å²) >= 11 is 0. The third-order valence-electron chi connectivity index (χ3n) is 2.92. The smallest absolute Gasteiger partial charge is 0.395 e. The summed E-state index contributed by atoms with van der Waals surface area (Å²) in [5.41, 5.74) is -1.31. The first-order chi connectivity index (χ1) is 11.0. The van der Waals surface area contributed by atoms with Crippen LogP contribution in [-0.2, 0) is 0 Å². The average Bonchev–Trinajstić information content (AvgIpc) is 2.51. The Morgan fingerprint density at radius 3 is 2.52 bits per heavy atom. The molecule has 0 radical (unpaired) electrons. The van der Waals surface area contributed by atoms with E-state index in [1.54, 1.807) is 24.3 Å². The van der Waals surface area contributed by atoms with Crippen LogP contribution >= 0.6 is 0 Å². The molecule has 120 valence electrons. The number of aromatic amines is 1. The van der Waals surface area contributed by atoms with E-state index in [1.165, 1.54) is 20.3 Å². The van der Waals surface area contributed by atoms with Crippen LogP contribution in [0.1, 0.15) is 11.4 Å². The van der Waals surface area contributed by atoms with Crippen molar-refractivity contribution in [3.05, 3.63) is 50.1 Å². The first-order valence-corrected chi connectivity index (χ1v) is 6.34. The van der Waals surface area contributed by atoms with Gasteiger partial charge in [-0.1, -0.05) is 12.1 Å². The average molecular weight is 319 g/mol. The molecule has 9 heteroatoms. The lowest BCUT2D eigenvalue weighted by atomic mass is 10.2. The van der Waals surface area contributed by atoms with Gasteiger partial charge in [0.25, 0.3) is 5.88 Å². The van der Waals surface area contributed by atoms with E-state index in [0.717, 1.165) is 0 Å². The van der Waals surface area contributed by atoms with Crippen LogP contribution in [0, 0.1) is 10.1 Å². The molecule has 23 heavy (non-hydrogen) atoms. The number of hydrogen-bond acceptors (Lipinski definition) is 7. The molecule has 1 aromatic heterocycles. The Morgan fingerprint density at radius 2 is 1.96 bits per heavy atom. The Hall–Kier alpha value is -3.36. The Morgan fingerprint density at radius 1 is 1.26 bits per heavy atom. The molecular formula is C14H13N3O6. The predicted molar refractivity (Wildman–Crippen MR) is 81.7 cm³/mol. The molecule has 0 fully saturated rings. The molecule has 2 aromatic rings. The highest BCUT2D eigenvalue weighted by atomic mass is 16.6. The van der Waals surface area contributed by atoms with Gasteiger partial charge in [0.2, 0.25) is 0 Å². The summed E-state index contributed by atoms with van der Waals surface area (Å²) in [5, 5.41) is 20.1. The summed E-state index contributed by atoms with van der Waals surface area (Å²) in [6, 6.07) is 5.13. The summed E-state index contributed by atoms with van der Waals surface area (Å²) in [4.78, 5) is 26.9. The van der Waals surface area contributed by atoms with Gasteiger partial charge in [0.15, 0.2) is 11.5 Å². The summed E-state index contributed by atoms with van der Waals surface area (Å²) in [5.74, 6) is 0.116. The molecule has 0 unspecified atom stereocenters. The van der Waals surface area contributed by atoms with Crippen molar-refractivity contribution in [2.75, 3.05) is 14.2 Å². The van der Waals surface area contributed by atoms with Crippen molar-refractivity contribution in [2.24, 2.45) is 0 Å². The maximum Gasteiger partial charge on any atom is 0.395 e. The fourth-order valence-electron chi connectivity index (χ4n) is 1.85. The number of H-pyrrole nitrogens is 1. The molecule has 9 nitrogen and oxygen atoms in total. The minimum absolute atomic E-state index is 0.0205. The van der Waals surface area contributed by atoms with Crippen molar-refractivity contribution in [1.29, 1.82) is 0 Å². The van der Waals surface area contributed by atoms with Gasteiger partial charge in [-0.25, -0.2) is 0 Å². The number of rotatable bonds is 5. The normalized spacial score (nSPS) is 10.7. The van der Waals surface area contributed by atoms with E-state index in [4.69, 9.17) is 9.47 Å². The third kappa shape index (κ3) is 3.46. The van der Waals surface area contributed by atoms with E-state index >= 15 is 0 Å². The van der Waals surface area contributed by atoms with Gasteiger partial charge in [-0.3, -0.25) is 14.9 Å². The van der Waals surface area contributed by atoms with Gasteiger partial charge in [0.1, 0.15) is 5.82 Å². The zero-order valence-electron chi connectivity index (χ0n) is 12.3. The molecule has 0 spiro atoms. The number of nitrogens with one attached hydrogen (secondary N) is 1. The number of hydrogen-bond donors (Lipinski definition) is 2. The van der Waals surface area contributed by atoms with E-state index in [2.05, 4.69) is 9.97 Å². The number of nitro groups is 1. The summed E-state index contributed by atoms with van der Waals surface area (Å²) in [7, 11) is 3.01. The minimum Gasteiger partial charge on any atom is -0.493 e. The van der Waals surface area contributed by atoms with Crippen LogP contribution in [0.4, 0.5) is 5.69 Å². The van der Waals surface area contributed by atoms with Crippen molar-refractivity contribution >= 4 is 17.8 Å². The standard InChI is InChI=1S/C14H13N3O6/c1-22-9-5-3-8(7-10(9)23-2)4-6-11-15-13(18)12(17(20)21)14(19)16-11/h3-7H,1-2H3,(H2,15,16,18,19)/b6-4+. The number of aromatic nitrogens is 2. The van der Waals surface area contributed by atoms with E-state index in [-0.39, 0.29) is 5.82 Å². The number of nitrogens with zero attached hydrogens (tertiary/aromatic N) is 2. The van der Waals surface area contributed by atoms with Crippen LogP contribution in [0.2, 0.25) is 0 Å². The second-order valence-corrected chi connectivity index (χ2v) is 4.33. The summed E-state index contributed by atoms with van der Waals surface area (Å²) < 4.78 is 10.3. The molecule has 0 aliphatic heterocycles. The van der Waals surface area contributed by atoms with Crippen LogP contribution in [0.15, 0.2) is 23.0 Å². The molecule has 0 bridgehead atoms. The summed E-state index contributed by atoms with van der Waals surface area (Å²) in [6.45, 7) is 0. The van der Waals surface area contributed by atoms with Gasteiger partial charge in [-0.05, 0) is 23.8 Å². The SMILES string of the molecule is COc1ccc(/C=C/c2nc(O)c([N+](=O)[O-])c(=O)[nH]2)cc1OC. The fraction of sp³-hybridized carbons (Fsp3) is 0.143.